The van der Waals surface area contributed by atoms with Gasteiger partial charge in [0.2, 0.25) is 0 Å². The fraction of sp³-hybridized carbons (Fsp3) is 0.684. The van der Waals surface area contributed by atoms with E-state index in [9.17, 15) is 0 Å². The van der Waals surface area contributed by atoms with Gasteiger partial charge < -0.3 is 10.6 Å². The van der Waals surface area contributed by atoms with Crippen LogP contribution in [0.1, 0.15) is 57.9 Å². The van der Waals surface area contributed by atoms with E-state index in [-0.39, 0.29) is 5.41 Å². The van der Waals surface area contributed by atoms with Crippen LogP contribution in [0.3, 0.4) is 0 Å². The molecule has 1 aliphatic carbocycles. The van der Waals surface area contributed by atoms with Crippen molar-refractivity contribution in [2.45, 2.75) is 57.8 Å². The second kappa shape index (κ2) is 5.64. The Labute approximate surface area is 129 Å². The summed E-state index contributed by atoms with van der Waals surface area (Å²) >= 11 is 0. The predicted molar refractivity (Wildman–Crippen MR) is 90.9 cm³/mol. The molecule has 2 fully saturated rings. The van der Waals surface area contributed by atoms with Crippen molar-refractivity contribution in [1.82, 2.24) is 0 Å². The van der Waals surface area contributed by atoms with E-state index in [0.29, 0.717) is 12.0 Å². The first kappa shape index (κ1) is 14.9. The number of nitrogens with zero attached hydrogens (tertiary/aromatic N) is 1. The fourth-order valence-corrected chi connectivity index (χ4v) is 3.98. The molecular weight excluding hydrogens is 256 g/mol. The lowest BCUT2D eigenvalue weighted by molar-refractivity contribution is 0.180. The molecular formula is C19H30N2. The maximum atomic E-state index is 5.87. The number of benzene rings is 1. The Morgan fingerprint density at radius 1 is 1.00 bits per heavy atom. The Hall–Kier alpha value is -1.02. The summed E-state index contributed by atoms with van der Waals surface area (Å²) in [4.78, 5) is 2.56. The van der Waals surface area contributed by atoms with Crippen molar-refractivity contribution in [3.8, 4) is 0 Å². The maximum Gasteiger partial charge on any atom is 0.0366 e. The molecule has 1 spiro atoms. The van der Waals surface area contributed by atoms with Crippen LogP contribution in [0.15, 0.2) is 24.3 Å². The Kier molecular flexibility index (Phi) is 4.00. The number of hydrogen-bond acceptors (Lipinski definition) is 2. The van der Waals surface area contributed by atoms with Crippen LogP contribution in [0.2, 0.25) is 0 Å². The van der Waals surface area contributed by atoms with Gasteiger partial charge in [0.15, 0.2) is 0 Å². The third kappa shape index (κ3) is 2.96. The summed E-state index contributed by atoms with van der Waals surface area (Å²) in [5, 5.41) is 0. The van der Waals surface area contributed by atoms with Crippen molar-refractivity contribution >= 4 is 5.69 Å². The maximum absolute atomic E-state index is 5.87. The monoisotopic (exact) mass is 286 g/mol. The number of anilines is 1. The molecule has 3 rings (SSSR count). The van der Waals surface area contributed by atoms with Gasteiger partial charge in [-0.25, -0.2) is 0 Å². The van der Waals surface area contributed by atoms with Gasteiger partial charge in [-0.3, -0.25) is 0 Å². The first-order chi connectivity index (χ1) is 10.0. The molecule has 0 bridgehead atoms. The molecule has 0 unspecified atom stereocenters. The Morgan fingerprint density at radius 2 is 1.57 bits per heavy atom. The smallest absolute Gasteiger partial charge is 0.0366 e. The van der Waals surface area contributed by atoms with Gasteiger partial charge in [-0.05, 0) is 30.5 Å². The first-order valence-corrected chi connectivity index (χ1v) is 8.60. The van der Waals surface area contributed by atoms with E-state index in [1.54, 1.807) is 0 Å². The van der Waals surface area contributed by atoms with Crippen LogP contribution in [-0.2, 0) is 5.41 Å². The standard InChI is InChI=1S/C19H30N2/c1-18(2,13-20)16-7-9-17(10-8-16)21-14-19(15-21)11-5-3-4-6-12-19/h7-10H,3-6,11-15,20H2,1-2H3. The van der Waals surface area contributed by atoms with Crippen LogP contribution in [0.25, 0.3) is 0 Å². The molecule has 2 N–H and O–H groups in total. The summed E-state index contributed by atoms with van der Waals surface area (Å²) in [7, 11) is 0. The molecule has 2 heteroatoms. The van der Waals surface area contributed by atoms with Crippen LogP contribution in [0, 0.1) is 5.41 Å². The normalized spacial score (nSPS) is 22.0. The minimum Gasteiger partial charge on any atom is -0.370 e. The summed E-state index contributed by atoms with van der Waals surface area (Å²) in [6.45, 7) is 7.66. The van der Waals surface area contributed by atoms with Gasteiger partial charge in [-0.15, -0.1) is 0 Å². The predicted octanol–water partition coefficient (Wildman–Crippen LogP) is 4.08. The highest BCUT2D eigenvalue weighted by atomic mass is 15.2. The van der Waals surface area contributed by atoms with Crippen molar-refractivity contribution in [2.75, 3.05) is 24.5 Å². The van der Waals surface area contributed by atoms with E-state index in [2.05, 4.69) is 43.0 Å². The van der Waals surface area contributed by atoms with E-state index in [0.717, 1.165) is 0 Å². The summed E-state index contributed by atoms with van der Waals surface area (Å²) in [5.74, 6) is 0. The second-order valence-corrected chi connectivity index (χ2v) is 7.91. The van der Waals surface area contributed by atoms with E-state index < -0.39 is 0 Å². The largest absolute Gasteiger partial charge is 0.370 e. The lowest BCUT2D eigenvalue weighted by Crippen LogP contribution is -2.56. The first-order valence-electron chi connectivity index (χ1n) is 8.60. The third-order valence-electron chi connectivity index (χ3n) is 5.74. The Bertz CT molecular complexity index is 459. The molecule has 1 saturated carbocycles. The number of hydrogen-bond donors (Lipinski definition) is 1. The highest BCUT2D eigenvalue weighted by molar-refractivity contribution is 5.51. The highest BCUT2D eigenvalue weighted by Gasteiger charge is 2.42. The van der Waals surface area contributed by atoms with Crippen LogP contribution in [0.5, 0.6) is 0 Å². The van der Waals surface area contributed by atoms with Crippen molar-refractivity contribution in [3.05, 3.63) is 29.8 Å². The molecule has 1 saturated heterocycles. The molecule has 1 heterocycles. The summed E-state index contributed by atoms with van der Waals surface area (Å²) in [6, 6.07) is 9.10. The van der Waals surface area contributed by atoms with Crippen molar-refractivity contribution in [1.29, 1.82) is 0 Å². The van der Waals surface area contributed by atoms with E-state index >= 15 is 0 Å². The zero-order valence-corrected chi connectivity index (χ0v) is 13.7. The van der Waals surface area contributed by atoms with E-state index in [1.807, 2.05) is 0 Å². The van der Waals surface area contributed by atoms with Gasteiger partial charge in [0, 0.05) is 36.2 Å². The molecule has 1 aromatic rings. The summed E-state index contributed by atoms with van der Waals surface area (Å²) in [6.07, 6.45) is 8.67. The molecule has 0 aromatic heterocycles. The number of nitrogens with two attached hydrogens (primary N) is 1. The average Bonchev–Trinajstić information content (AvgIpc) is 2.72. The average molecular weight is 286 g/mol. The van der Waals surface area contributed by atoms with Gasteiger partial charge in [-0.1, -0.05) is 51.7 Å². The van der Waals surface area contributed by atoms with Crippen molar-refractivity contribution in [2.24, 2.45) is 11.1 Å². The topological polar surface area (TPSA) is 29.3 Å². The van der Waals surface area contributed by atoms with Crippen LogP contribution in [0.4, 0.5) is 5.69 Å². The molecule has 116 valence electrons. The molecule has 1 aliphatic heterocycles. The molecule has 1 aromatic carbocycles. The molecule has 2 nitrogen and oxygen atoms in total. The van der Waals surface area contributed by atoms with E-state index in [4.69, 9.17) is 5.73 Å². The minimum absolute atomic E-state index is 0.0794. The van der Waals surface area contributed by atoms with Gasteiger partial charge in [0.25, 0.3) is 0 Å². The fourth-order valence-electron chi connectivity index (χ4n) is 3.98. The Balaban J connectivity index is 1.64. The molecule has 0 amide bonds. The quantitative estimate of drug-likeness (QED) is 0.907. The molecule has 0 atom stereocenters. The summed E-state index contributed by atoms with van der Waals surface area (Å²) < 4.78 is 0. The van der Waals surface area contributed by atoms with Crippen LogP contribution < -0.4 is 10.6 Å². The van der Waals surface area contributed by atoms with Crippen molar-refractivity contribution < 1.29 is 0 Å². The van der Waals surface area contributed by atoms with Crippen LogP contribution >= 0.6 is 0 Å². The zero-order valence-electron chi connectivity index (χ0n) is 13.7. The zero-order chi connectivity index (χ0) is 14.9. The minimum atomic E-state index is 0.0794. The van der Waals surface area contributed by atoms with Gasteiger partial charge in [0.1, 0.15) is 0 Å². The lowest BCUT2D eigenvalue weighted by atomic mass is 9.73. The summed E-state index contributed by atoms with van der Waals surface area (Å²) in [5.41, 5.74) is 9.33. The third-order valence-corrected chi connectivity index (χ3v) is 5.74. The van der Waals surface area contributed by atoms with Gasteiger partial charge >= 0.3 is 0 Å². The van der Waals surface area contributed by atoms with Gasteiger partial charge in [0.05, 0.1) is 0 Å². The number of rotatable bonds is 3. The molecule has 21 heavy (non-hydrogen) atoms. The highest BCUT2D eigenvalue weighted by Crippen LogP contribution is 2.44. The SMILES string of the molecule is CC(C)(CN)c1ccc(N2CC3(CCCCCC3)C2)cc1. The van der Waals surface area contributed by atoms with Crippen molar-refractivity contribution in [3.63, 3.8) is 0 Å². The molecule has 2 aliphatic rings. The second-order valence-electron chi connectivity index (χ2n) is 7.91. The Morgan fingerprint density at radius 3 is 2.10 bits per heavy atom. The van der Waals surface area contributed by atoms with Gasteiger partial charge in [-0.2, -0.15) is 0 Å². The van der Waals surface area contributed by atoms with Crippen LogP contribution in [-0.4, -0.2) is 19.6 Å². The molecule has 0 radical (unpaired) electrons. The van der Waals surface area contributed by atoms with E-state index in [1.165, 1.54) is 62.9 Å². The lowest BCUT2D eigenvalue weighted by Gasteiger charge is -2.51.